The minimum atomic E-state index is 0.185. The van der Waals surface area contributed by atoms with Crippen molar-refractivity contribution in [2.75, 3.05) is 0 Å². The Bertz CT molecular complexity index is 1280. The maximum Gasteiger partial charge on any atom is 0.150 e. The molecule has 0 atom stereocenters. The fourth-order valence-electron chi connectivity index (χ4n) is 3.21. The predicted octanol–water partition coefficient (Wildman–Crippen LogP) is 5.17. The number of aromatic nitrogens is 3. The number of phenols is 1. The van der Waals surface area contributed by atoms with Crippen LogP contribution < -0.4 is 0 Å². The van der Waals surface area contributed by atoms with Gasteiger partial charge in [-0.2, -0.15) is 0 Å². The Morgan fingerprint density at radius 3 is 2.48 bits per heavy atom. The molecule has 0 saturated carbocycles. The Labute approximate surface area is 151 Å². The molecule has 0 aliphatic rings. The zero-order chi connectivity index (χ0) is 17.0. The Hall–Kier alpha value is -2.92. The number of imidazole rings is 1. The average molecular weight is 390 g/mol. The number of aromatic hydroxyl groups is 1. The monoisotopic (exact) mass is 389 g/mol. The number of nitrogens with zero attached hydrogens (tertiary/aromatic N) is 3. The van der Waals surface area contributed by atoms with Crippen molar-refractivity contribution in [3.63, 3.8) is 0 Å². The summed E-state index contributed by atoms with van der Waals surface area (Å²) < 4.78 is 2.90. The van der Waals surface area contributed by atoms with E-state index in [0.29, 0.717) is 11.4 Å². The van der Waals surface area contributed by atoms with Crippen LogP contribution in [0, 0.1) is 0 Å². The first-order valence-electron chi connectivity index (χ1n) is 7.87. The number of halogens is 1. The zero-order valence-corrected chi connectivity index (χ0v) is 14.6. The quantitative estimate of drug-likeness (QED) is 0.430. The summed E-state index contributed by atoms with van der Waals surface area (Å²) in [5.41, 5.74) is 4.20. The second kappa shape index (κ2) is 5.29. The minimum absolute atomic E-state index is 0.185. The van der Waals surface area contributed by atoms with Gasteiger partial charge in [-0.3, -0.25) is 4.40 Å². The second-order valence-corrected chi connectivity index (χ2v) is 6.79. The summed E-state index contributed by atoms with van der Waals surface area (Å²) >= 11 is 3.48. The highest BCUT2D eigenvalue weighted by molar-refractivity contribution is 9.10. The smallest absolute Gasteiger partial charge is 0.150 e. The molecule has 4 nitrogen and oxygen atoms in total. The van der Waals surface area contributed by atoms with Gasteiger partial charge in [-0.25, -0.2) is 9.97 Å². The van der Waals surface area contributed by atoms with Gasteiger partial charge in [0, 0.05) is 9.86 Å². The summed E-state index contributed by atoms with van der Waals surface area (Å²) in [4.78, 5) is 9.65. The number of rotatable bonds is 1. The van der Waals surface area contributed by atoms with Gasteiger partial charge < -0.3 is 5.11 Å². The molecule has 0 fully saturated rings. The van der Waals surface area contributed by atoms with Crippen LogP contribution in [-0.2, 0) is 0 Å². The average Bonchev–Trinajstić information content (AvgIpc) is 3.03. The van der Waals surface area contributed by atoms with Gasteiger partial charge in [0.25, 0.3) is 0 Å². The van der Waals surface area contributed by atoms with Crippen LogP contribution in [0.15, 0.2) is 71.2 Å². The van der Waals surface area contributed by atoms with Crippen molar-refractivity contribution >= 4 is 43.5 Å². The summed E-state index contributed by atoms with van der Waals surface area (Å²) in [5, 5.41) is 11.4. The van der Waals surface area contributed by atoms with Crippen LogP contribution in [-0.4, -0.2) is 19.5 Å². The molecule has 2 heterocycles. The summed E-state index contributed by atoms with van der Waals surface area (Å²) in [7, 11) is 0. The molecule has 5 rings (SSSR count). The number of hydrogen-bond donors (Lipinski definition) is 1. The van der Waals surface area contributed by atoms with E-state index in [1.54, 1.807) is 6.07 Å². The van der Waals surface area contributed by atoms with Crippen molar-refractivity contribution < 1.29 is 5.11 Å². The minimum Gasteiger partial charge on any atom is -0.507 e. The lowest BCUT2D eigenvalue weighted by molar-refractivity contribution is 0.476. The summed E-state index contributed by atoms with van der Waals surface area (Å²) in [5.74, 6) is 0.853. The van der Waals surface area contributed by atoms with Gasteiger partial charge >= 0.3 is 0 Å². The van der Waals surface area contributed by atoms with Crippen LogP contribution in [0.5, 0.6) is 5.75 Å². The number of phenolic OH excluding ortho intramolecular Hbond substituents is 1. The molecule has 0 aliphatic carbocycles. The maximum atomic E-state index is 10.4. The van der Waals surface area contributed by atoms with E-state index in [2.05, 4.69) is 15.9 Å². The van der Waals surface area contributed by atoms with E-state index >= 15 is 0 Å². The van der Waals surface area contributed by atoms with E-state index in [0.717, 1.165) is 32.1 Å². The third-order valence-corrected chi connectivity index (χ3v) is 4.84. The van der Waals surface area contributed by atoms with Gasteiger partial charge in [0.15, 0.2) is 5.82 Å². The second-order valence-electron chi connectivity index (χ2n) is 5.87. The topological polar surface area (TPSA) is 50.4 Å². The summed E-state index contributed by atoms with van der Waals surface area (Å²) in [6.07, 6.45) is 0. The number of fused-ring (bicyclic) bond motifs is 5. The summed E-state index contributed by atoms with van der Waals surface area (Å²) in [6, 6.07) is 21.2. The van der Waals surface area contributed by atoms with Crippen molar-refractivity contribution in [3.8, 4) is 17.1 Å². The molecule has 0 amide bonds. The molecule has 0 spiro atoms. The van der Waals surface area contributed by atoms with Crippen molar-refractivity contribution in [3.05, 3.63) is 71.2 Å². The highest BCUT2D eigenvalue weighted by atomic mass is 79.9. The molecular weight excluding hydrogens is 378 g/mol. The van der Waals surface area contributed by atoms with Crippen molar-refractivity contribution in [1.82, 2.24) is 14.4 Å². The zero-order valence-electron chi connectivity index (χ0n) is 13.0. The molecule has 0 saturated heterocycles. The highest BCUT2D eigenvalue weighted by Crippen LogP contribution is 2.34. The highest BCUT2D eigenvalue weighted by Gasteiger charge is 2.17. The van der Waals surface area contributed by atoms with E-state index in [-0.39, 0.29) is 5.75 Å². The standard InChI is InChI=1S/C20H12BrN3O/c21-12-9-10-18(25)14(11-12)20-22-15-6-2-1-5-13(15)19-23-16-7-3-4-8-17(16)24(19)20/h1-11,25H. The molecule has 120 valence electrons. The molecule has 1 N–H and O–H groups in total. The Balaban J connectivity index is 2.05. The van der Waals surface area contributed by atoms with Crippen LogP contribution in [0.2, 0.25) is 0 Å². The molecule has 5 aromatic rings. The molecule has 2 aromatic heterocycles. The third kappa shape index (κ3) is 2.13. The largest absolute Gasteiger partial charge is 0.507 e. The normalized spacial score (nSPS) is 11.6. The molecule has 5 heteroatoms. The van der Waals surface area contributed by atoms with Crippen LogP contribution in [0.3, 0.4) is 0 Å². The van der Waals surface area contributed by atoms with Crippen molar-refractivity contribution in [1.29, 1.82) is 0 Å². The van der Waals surface area contributed by atoms with Gasteiger partial charge in [-0.05, 0) is 42.5 Å². The lowest BCUT2D eigenvalue weighted by Gasteiger charge is -2.10. The Morgan fingerprint density at radius 2 is 1.60 bits per heavy atom. The van der Waals surface area contributed by atoms with Gasteiger partial charge in [-0.15, -0.1) is 0 Å². The first-order valence-corrected chi connectivity index (χ1v) is 8.66. The lowest BCUT2D eigenvalue weighted by atomic mass is 10.1. The number of para-hydroxylation sites is 3. The lowest BCUT2D eigenvalue weighted by Crippen LogP contribution is -1.98. The van der Waals surface area contributed by atoms with E-state index in [1.807, 2.05) is 65.1 Å². The summed E-state index contributed by atoms with van der Waals surface area (Å²) in [6.45, 7) is 0. The van der Waals surface area contributed by atoms with E-state index in [1.165, 1.54) is 0 Å². The Kier molecular flexibility index (Phi) is 3.05. The van der Waals surface area contributed by atoms with Gasteiger partial charge in [0.1, 0.15) is 11.4 Å². The van der Waals surface area contributed by atoms with Gasteiger partial charge in [-0.1, -0.05) is 40.2 Å². The van der Waals surface area contributed by atoms with Gasteiger partial charge in [0.05, 0.1) is 22.1 Å². The number of hydrogen-bond acceptors (Lipinski definition) is 3. The number of benzene rings is 3. The predicted molar refractivity (Wildman–Crippen MR) is 103 cm³/mol. The SMILES string of the molecule is Oc1ccc(Br)cc1-c1nc2ccccc2c2nc3ccccc3n12. The maximum absolute atomic E-state index is 10.4. The molecule has 0 bridgehead atoms. The first-order chi connectivity index (χ1) is 12.2. The van der Waals surface area contributed by atoms with Crippen LogP contribution in [0.4, 0.5) is 0 Å². The molecule has 0 radical (unpaired) electrons. The fraction of sp³-hybridized carbons (Fsp3) is 0. The molecule has 25 heavy (non-hydrogen) atoms. The molecule has 0 aliphatic heterocycles. The van der Waals surface area contributed by atoms with Gasteiger partial charge in [0.2, 0.25) is 0 Å². The van der Waals surface area contributed by atoms with Crippen LogP contribution in [0.1, 0.15) is 0 Å². The molecule has 3 aromatic carbocycles. The molecule has 0 unspecified atom stereocenters. The van der Waals surface area contributed by atoms with Crippen LogP contribution in [0.25, 0.3) is 39.0 Å². The fourth-order valence-corrected chi connectivity index (χ4v) is 3.57. The van der Waals surface area contributed by atoms with Crippen molar-refractivity contribution in [2.24, 2.45) is 0 Å². The molecular formula is C20H12BrN3O. The van der Waals surface area contributed by atoms with E-state index < -0.39 is 0 Å². The van der Waals surface area contributed by atoms with Crippen LogP contribution >= 0.6 is 15.9 Å². The third-order valence-electron chi connectivity index (χ3n) is 4.34. The van der Waals surface area contributed by atoms with E-state index in [4.69, 9.17) is 9.97 Å². The first kappa shape index (κ1) is 14.4. The van der Waals surface area contributed by atoms with E-state index in [9.17, 15) is 5.11 Å². The van der Waals surface area contributed by atoms with Crippen molar-refractivity contribution in [2.45, 2.75) is 0 Å². The Morgan fingerprint density at radius 1 is 0.840 bits per heavy atom.